The molecule has 356 valence electrons. The van der Waals surface area contributed by atoms with Gasteiger partial charge < -0.3 is 4.74 Å². The first kappa shape index (κ1) is 50.6. The van der Waals surface area contributed by atoms with E-state index in [2.05, 4.69) is 96.6 Å². The van der Waals surface area contributed by atoms with Gasteiger partial charge in [0.1, 0.15) is 0 Å². The maximum absolute atomic E-state index is 6.18. The van der Waals surface area contributed by atoms with Gasteiger partial charge in [-0.05, 0) is 209 Å². The lowest BCUT2D eigenvalue weighted by Gasteiger charge is -2.52. The summed E-state index contributed by atoms with van der Waals surface area (Å²) in [5.74, 6) is 14.0. The molecule has 0 heterocycles. The molecular weight excluding hydrogens is 753 g/mol. The molecule has 12 atom stereocenters. The lowest BCUT2D eigenvalue weighted by atomic mass is 9.60. The Labute approximate surface area is 384 Å². The van der Waals surface area contributed by atoms with Crippen molar-refractivity contribution in [3.05, 3.63) is 0 Å². The molecule has 0 radical (unpaired) electrons. The van der Waals surface area contributed by atoms with Gasteiger partial charge in [0.2, 0.25) is 0 Å². The second-order valence-electron chi connectivity index (χ2n) is 27.9. The molecule has 61 heavy (non-hydrogen) atoms. The van der Waals surface area contributed by atoms with Gasteiger partial charge in [0.15, 0.2) is 0 Å². The fourth-order valence-electron chi connectivity index (χ4n) is 18.1. The molecule has 0 aromatic carbocycles. The predicted octanol–water partition coefficient (Wildman–Crippen LogP) is 18.9. The van der Waals surface area contributed by atoms with Crippen molar-refractivity contribution in [2.75, 3.05) is 6.61 Å². The molecule has 6 aliphatic carbocycles. The molecular formula is C59H110OSi. The minimum Gasteiger partial charge on any atom is -0.376 e. The lowest BCUT2D eigenvalue weighted by molar-refractivity contribution is -0.00484. The van der Waals surface area contributed by atoms with E-state index in [0.717, 1.165) is 101 Å². The molecule has 0 aliphatic heterocycles. The molecule has 0 N–H and O–H groups in total. The van der Waals surface area contributed by atoms with Crippen molar-refractivity contribution in [2.24, 2.45) is 93.7 Å². The van der Waals surface area contributed by atoms with Crippen LogP contribution in [0.25, 0.3) is 0 Å². The second kappa shape index (κ2) is 21.4. The Bertz CT molecular complexity index is 1280. The Hall–Kier alpha value is 0.177. The third-order valence-corrected chi connectivity index (χ3v) is 27.3. The maximum atomic E-state index is 6.18. The summed E-state index contributed by atoms with van der Waals surface area (Å²) in [6.45, 7) is 36.8. The van der Waals surface area contributed by atoms with E-state index in [1.54, 1.807) is 83.1 Å². The van der Waals surface area contributed by atoms with E-state index in [4.69, 9.17) is 4.74 Å². The Kier molecular flexibility index (Phi) is 17.8. The van der Waals surface area contributed by atoms with Gasteiger partial charge in [-0.1, -0.05) is 152 Å². The van der Waals surface area contributed by atoms with Gasteiger partial charge in [0.25, 0.3) is 0 Å². The van der Waals surface area contributed by atoms with Crippen LogP contribution in [0, 0.1) is 93.7 Å². The average Bonchev–Trinajstić information content (AvgIpc) is 3.74. The molecule has 6 fully saturated rings. The number of fused-ring (bicyclic) bond motifs is 2. The number of hydrogen-bond acceptors (Lipinski definition) is 1. The number of unbranched alkanes of at least 4 members (excludes halogenated alkanes) is 6. The summed E-state index contributed by atoms with van der Waals surface area (Å²) in [6, 6.07) is 1.67. The first-order valence-corrected chi connectivity index (χ1v) is 31.3. The summed E-state index contributed by atoms with van der Waals surface area (Å²) >= 11 is 0. The molecule has 6 rings (SSSR count). The van der Waals surface area contributed by atoms with Crippen LogP contribution in [-0.2, 0) is 4.74 Å². The zero-order valence-electron chi connectivity index (χ0n) is 44.0. The Morgan fingerprint density at radius 3 is 1.64 bits per heavy atom. The molecule has 6 aliphatic rings. The molecule has 0 bridgehead atoms. The SMILES string of the molecule is CCCCCC[Si](C)(C1C(C)C(CCCCCCOC(C)(C)C)C2C(C3CCC(C(C)(C)C)CC3)CCCC21)C1C(C(C)C)CC2C(C3CCC(C(C)(C)C)CC3)CCCC21. The van der Waals surface area contributed by atoms with Crippen molar-refractivity contribution < 1.29 is 4.74 Å². The van der Waals surface area contributed by atoms with E-state index >= 15 is 0 Å². The van der Waals surface area contributed by atoms with Crippen LogP contribution in [0.4, 0.5) is 0 Å². The van der Waals surface area contributed by atoms with Crippen LogP contribution in [0.5, 0.6) is 0 Å². The van der Waals surface area contributed by atoms with E-state index in [1.807, 2.05) is 0 Å². The van der Waals surface area contributed by atoms with Crippen molar-refractivity contribution in [3.8, 4) is 0 Å². The van der Waals surface area contributed by atoms with Crippen molar-refractivity contribution in [1.82, 2.24) is 0 Å². The number of hydrogen-bond donors (Lipinski definition) is 0. The zero-order valence-corrected chi connectivity index (χ0v) is 45.0. The molecule has 0 spiro atoms. The Balaban J connectivity index is 1.30. The Morgan fingerprint density at radius 2 is 1.08 bits per heavy atom. The second-order valence-corrected chi connectivity index (χ2v) is 32.8. The summed E-state index contributed by atoms with van der Waals surface area (Å²) in [4.78, 5) is 0. The largest absolute Gasteiger partial charge is 0.376 e. The maximum Gasteiger partial charge on any atom is 0.0598 e. The van der Waals surface area contributed by atoms with Crippen LogP contribution < -0.4 is 0 Å². The number of rotatable bonds is 17. The van der Waals surface area contributed by atoms with E-state index in [9.17, 15) is 0 Å². The van der Waals surface area contributed by atoms with Crippen LogP contribution in [0.3, 0.4) is 0 Å². The van der Waals surface area contributed by atoms with Gasteiger partial charge in [-0.15, -0.1) is 0 Å². The molecule has 0 aromatic rings. The van der Waals surface area contributed by atoms with Gasteiger partial charge in [-0.25, -0.2) is 0 Å². The standard InChI is InChI=1S/C59H110OSi/c1-15-16-17-22-39-61(14,56-50-28-23-26-48(53(50)40-52(56)41(2)3)43-30-34-45(35-31-43)57(5,6)7)55-42(4)47(25-20-18-19-21-38-60-59(11,12)13)54-49(27-24-29-51(54)55)44-32-36-46(37-33-44)58(8,9)10/h41-56H,15-40H2,1-14H3. The van der Waals surface area contributed by atoms with Crippen molar-refractivity contribution in [1.29, 1.82) is 0 Å². The minimum absolute atomic E-state index is 0.00352. The zero-order chi connectivity index (χ0) is 44.3. The van der Waals surface area contributed by atoms with Gasteiger partial charge in [-0.3, -0.25) is 0 Å². The lowest BCUT2D eigenvalue weighted by Crippen LogP contribution is -2.50. The van der Waals surface area contributed by atoms with Crippen molar-refractivity contribution in [2.45, 2.75) is 273 Å². The van der Waals surface area contributed by atoms with Gasteiger partial charge >= 0.3 is 0 Å². The first-order valence-electron chi connectivity index (χ1n) is 28.4. The minimum atomic E-state index is -1.71. The van der Waals surface area contributed by atoms with Crippen LogP contribution in [0.15, 0.2) is 0 Å². The summed E-state index contributed by atoms with van der Waals surface area (Å²) in [5.41, 5.74) is 3.13. The molecule has 0 aromatic heterocycles. The monoisotopic (exact) mass is 863 g/mol. The number of ether oxygens (including phenoxy) is 1. The van der Waals surface area contributed by atoms with E-state index in [1.165, 1.54) is 77.0 Å². The molecule has 0 amide bonds. The fraction of sp³-hybridized carbons (Fsp3) is 1.00. The molecule has 12 unspecified atom stereocenters. The normalized spacial score (nSPS) is 39.9. The summed E-state index contributed by atoms with van der Waals surface area (Å²) in [7, 11) is -1.71. The average molecular weight is 864 g/mol. The fourth-order valence-corrected chi connectivity index (χ4v) is 26.0. The molecule has 0 saturated heterocycles. The van der Waals surface area contributed by atoms with Crippen LogP contribution in [-0.4, -0.2) is 20.3 Å². The van der Waals surface area contributed by atoms with Crippen LogP contribution in [0.2, 0.25) is 23.7 Å². The van der Waals surface area contributed by atoms with Crippen LogP contribution >= 0.6 is 0 Å². The van der Waals surface area contributed by atoms with Crippen LogP contribution in [0.1, 0.15) is 244 Å². The summed E-state index contributed by atoms with van der Waals surface area (Å²) < 4.78 is 6.18. The Morgan fingerprint density at radius 1 is 0.557 bits per heavy atom. The quantitative estimate of drug-likeness (QED) is 0.105. The summed E-state index contributed by atoms with van der Waals surface area (Å²) in [5, 5.41) is 0. The highest BCUT2D eigenvalue weighted by Gasteiger charge is 2.64. The highest BCUT2D eigenvalue weighted by atomic mass is 28.3. The summed E-state index contributed by atoms with van der Waals surface area (Å²) in [6.07, 6.45) is 36.2. The van der Waals surface area contributed by atoms with Crippen molar-refractivity contribution >= 4 is 8.07 Å². The van der Waals surface area contributed by atoms with Gasteiger partial charge in [0.05, 0.1) is 13.7 Å². The molecule has 1 nitrogen and oxygen atoms in total. The van der Waals surface area contributed by atoms with E-state index < -0.39 is 8.07 Å². The predicted molar refractivity (Wildman–Crippen MR) is 271 cm³/mol. The van der Waals surface area contributed by atoms with E-state index in [-0.39, 0.29) is 5.60 Å². The first-order chi connectivity index (χ1) is 28.8. The molecule has 2 heteroatoms. The third-order valence-electron chi connectivity index (χ3n) is 21.0. The highest BCUT2D eigenvalue weighted by Crippen LogP contribution is 2.71. The smallest absolute Gasteiger partial charge is 0.0598 e. The topological polar surface area (TPSA) is 9.23 Å². The third kappa shape index (κ3) is 12.0. The van der Waals surface area contributed by atoms with Gasteiger partial charge in [0, 0.05) is 6.61 Å². The molecule has 6 saturated carbocycles. The van der Waals surface area contributed by atoms with Gasteiger partial charge in [-0.2, -0.15) is 0 Å². The van der Waals surface area contributed by atoms with Crippen molar-refractivity contribution in [3.63, 3.8) is 0 Å². The highest BCUT2D eigenvalue weighted by molar-refractivity contribution is 6.81. The van der Waals surface area contributed by atoms with E-state index in [0.29, 0.717) is 10.8 Å².